The molecule has 2 N–H and O–H groups in total. The minimum Gasteiger partial charge on any atom is -0.497 e. The lowest BCUT2D eigenvalue weighted by Crippen LogP contribution is -2.46. The molecule has 32 heavy (non-hydrogen) atoms. The van der Waals surface area contributed by atoms with Gasteiger partial charge in [0.15, 0.2) is 0 Å². The van der Waals surface area contributed by atoms with Crippen molar-refractivity contribution in [1.82, 2.24) is 10.6 Å². The molecule has 0 unspecified atom stereocenters. The zero-order chi connectivity index (χ0) is 22.5. The number of nitrogens with one attached hydrogen (secondary N) is 2. The van der Waals surface area contributed by atoms with Crippen molar-refractivity contribution >= 4 is 17.6 Å². The Kier molecular flexibility index (Phi) is 6.93. The summed E-state index contributed by atoms with van der Waals surface area (Å²) in [6, 6.07) is 12.4. The second-order valence-corrected chi connectivity index (χ2v) is 8.55. The summed E-state index contributed by atoms with van der Waals surface area (Å²) in [4.78, 5) is 27.2. The zero-order valence-electron chi connectivity index (χ0n) is 18.4. The first-order chi connectivity index (χ1) is 15.5. The smallest absolute Gasteiger partial charge is 0.315 e. The van der Waals surface area contributed by atoms with Crippen molar-refractivity contribution in [2.45, 2.75) is 51.1 Å². The van der Waals surface area contributed by atoms with E-state index in [9.17, 15) is 14.0 Å². The molecule has 7 heteroatoms. The van der Waals surface area contributed by atoms with Gasteiger partial charge >= 0.3 is 6.03 Å². The summed E-state index contributed by atoms with van der Waals surface area (Å²) >= 11 is 0. The normalized spacial score (nSPS) is 20.2. The van der Waals surface area contributed by atoms with Gasteiger partial charge in [-0.2, -0.15) is 0 Å². The lowest BCUT2D eigenvalue weighted by atomic mass is 9.84. The molecule has 1 fully saturated rings. The third-order valence-electron chi connectivity index (χ3n) is 6.48. The van der Waals surface area contributed by atoms with Gasteiger partial charge in [0.1, 0.15) is 11.6 Å². The molecular formula is C25H30FN3O3. The van der Waals surface area contributed by atoms with Crippen molar-refractivity contribution in [3.8, 4) is 5.75 Å². The Morgan fingerprint density at radius 2 is 1.84 bits per heavy atom. The molecule has 6 nitrogen and oxygen atoms in total. The molecule has 3 amide bonds. The number of urea groups is 1. The molecule has 2 aromatic rings. The van der Waals surface area contributed by atoms with E-state index in [0.717, 1.165) is 49.1 Å². The van der Waals surface area contributed by atoms with Crippen LogP contribution in [0.25, 0.3) is 0 Å². The molecule has 170 valence electrons. The summed E-state index contributed by atoms with van der Waals surface area (Å²) < 4.78 is 19.3. The predicted molar refractivity (Wildman–Crippen MR) is 121 cm³/mol. The van der Waals surface area contributed by atoms with Crippen LogP contribution in [0.3, 0.4) is 0 Å². The van der Waals surface area contributed by atoms with Gasteiger partial charge in [-0.05, 0) is 68.4 Å². The van der Waals surface area contributed by atoms with Crippen molar-refractivity contribution in [3.05, 3.63) is 59.4 Å². The van der Waals surface area contributed by atoms with Crippen LogP contribution in [0.15, 0.2) is 42.5 Å². The topological polar surface area (TPSA) is 70.7 Å². The Hall–Kier alpha value is -3.09. The lowest BCUT2D eigenvalue weighted by Gasteiger charge is -2.35. The summed E-state index contributed by atoms with van der Waals surface area (Å²) in [5, 5.41) is 5.91. The molecule has 2 aliphatic rings. The molecule has 0 bridgehead atoms. The van der Waals surface area contributed by atoms with Gasteiger partial charge in [0.05, 0.1) is 7.11 Å². The van der Waals surface area contributed by atoms with E-state index < -0.39 is 0 Å². The van der Waals surface area contributed by atoms with Gasteiger partial charge in [0.25, 0.3) is 0 Å². The zero-order valence-corrected chi connectivity index (χ0v) is 18.4. The number of methoxy groups -OCH3 is 1. The monoisotopic (exact) mass is 439 g/mol. The minimum absolute atomic E-state index is 0.0565. The first-order valence-electron chi connectivity index (χ1n) is 11.3. The van der Waals surface area contributed by atoms with E-state index >= 15 is 0 Å². The molecule has 0 saturated heterocycles. The van der Waals surface area contributed by atoms with E-state index in [4.69, 9.17) is 4.74 Å². The van der Waals surface area contributed by atoms with Crippen molar-refractivity contribution in [1.29, 1.82) is 0 Å². The fourth-order valence-corrected chi connectivity index (χ4v) is 4.68. The number of halogens is 1. The molecule has 0 spiro atoms. The molecule has 1 heterocycles. The van der Waals surface area contributed by atoms with Crippen LogP contribution in [0.2, 0.25) is 0 Å². The largest absolute Gasteiger partial charge is 0.497 e. The number of benzene rings is 2. The van der Waals surface area contributed by atoms with Crippen LogP contribution in [0.4, 0.5) is 14.9 Å². The van der Waals surface area contributed by atoms with Gasteiger partial charge in [0.2, 0.25) is 5.91 Å². The van der Waals surface area contributed by atoms with Crippen LogP contribution in [0.1, 0.15) is 43.2 Å². The predicted octanol–water partition coefficient (Wildman–Crippen LogP) is 4.17. The number of rotatable bonds is 5. The number of carbonyl (C=O) groups is 2. The molecule has 1 saturated carbocycles. The number of anilines is 1. The van der Waals surface area contributed by atoms with Crippen LogP contribution >= 0.6 is 0 Å². The molecule has 0 atom stereocenters. The van der Waals surface area contributed by atoms with Gasteiger partial charge in [0, 0.05) is 36.3 Å². The SMILES string of the molecule is COc1ccc(CNC(=O)NC2CCC(C(=O)N3CCCc4c(F)cccc43)CC2)cc1. The maximum atomic E-state index is 14.1. The fraction of sp³-hybridized carbons (Fsp3) is 0.440. The van der Waals surface area contributed by atoms with Crippen molar-refractivity contribution in [3.63, 3.8) is 0 Å². The molecular weight excluding hydrogens is 409 g/mol. The molecule has 1 aliphatic heterocycles. The Morgan fingerprint density at radius 1 is 1.09 bits per heavy atom. The highest BCUT2D eigenvalue weighted by Crippen LogP contribution is 2.33. The number of carbonyl (C=O) groups excluding carboxylic acids is 2. The standard InChI is InChI=1S/C25H30FN3O3/c1-32-20-13-7-17(8-14-20)16-27-25(31)28-19-11-9-18(10-12-19)24(30)29-15-3-4-21-22(26)5-2-6-23(21)29/h2,5-8,13-14,18-19H,3-4,9-12,15-16H2,1H3,(H2,27,28,31). The van der Waals surface area contributed by atoms with Gasteiger partial charge in [-0.25, -0.2) is 9.18 Å². The minimum atomic E-state index is -0.228. The molecule has 2 aromatic carbocycles. The van der Waals surface area contributed by atoms with E-state index in [0.29, 0.717) is 25.1 Å². The maximum Gasteiger partial charge on any atom is 0.315 e. The van der Waals surface area contributed by atoms with E-state index in [1.807, 2.05) is 30.3 Å². The van der Waals surface area contributed by atoms with Crippen LogP contribution < -0.4 is 20.3 Å². The number of hydrogen-bond donors (Lipinski definition) is 2. The molecule has 4 rings (SSSR count). The Labute approximate surface area is 188 Å². The fourth-order valence-electron chi connectivity index (χ4n) is 4.68. The van der Waals surface area contributed by atoms with Crippen molar-refractivity contribution in [2.75, 3.05) is 18.6 Å². The summed E-state index contributed by atoms with van der Waals surface area (Å²) in [6.45, 7) is 1.08. The Balaban J connectivity index is 1.25. The summed E-state index contributed by atoms with van der Waals surface area (Å²) in [7, 11) is 1.62. The van der Waals surface area contributed by atoms with Crippen molar-refractivity contribution < 1.29 is 18.7 Å². The second-order valence-electron chi connectivity index (χ2n) is 8.55. The number of ether oxygens (including phenoxy) is 1. The van der Waals surface area contributed by atoms with Crippen molar-refractivity contribution in [2.24, 2.45) is 5.92 Å². The van der Waals surface area contributed by atoms with Crippen LogP contribution in [0, 0.1) is 11.7 Å². The van der Waals surface area contributed by atoms with Crippen LogP contribution in [-0.4, -0.2) is 31.6 Å². The van der Waals surface area contributed by atoms with E-state index in [2.05, 4.69) is 10.6 Å². The third-order valence-corrected chi connectivity index (χ3v) is 6.48. The summed E-state index contributed by atoms with van der Waals surface area (Å²) in [5.41, 5.74) is 2.36. The number of amides is 3. The van der Waals surface area contributed by atoms with E-state index in [-0.39, 0.29) is 29.7 Å². The first kappa shape index (κ1) is 22.1. The molecule has 0 radical (unpaired) electrons. The Morgan fingerprint density at radius 3 is 2.56 bits per heavy atom. The van der Waals surface area contributed by atoms with Gasteiger partial charge in [-0.3, -0.25) is 4.79 Å². The van der Waals surface area contributed by atoms with E-state index in [1.54, 1.807) is 18.1 Å². The van der Waals surface area contributed by atoms with Gasteiger partial charge in [-0.1, -0.05) is 18.2 Å². The highest BCUT2D eigenvalue weighted by molar-refractivity contribution is 5.96. The quantitative estimate of drug-likeness (QED) is 0.735. The summed E-state index contributed by atoms with van der Waals surface area (Å²) in [6.07, 6.45) is 4.43. The number of hydrogen-bond acceptors (Lipinski definition) is 3. The van der Waals surface area contributed by atoms with Crippen LogP contribution in [-0.2, 0) is 17.8 Å². The Bertz CT molecular complexity index is 955. The lowest BCUT2D eigenvalue weighted by molar-refractivity contribution is -0.123. The average Bonchev–Trinajstić information content (AvgIpc) is 2.83. The average molecular weight is 440 g/mol. The second kappa shape index (κ2) is 10.0. The highest BCUT2D eigenvalue weighted by atomic mass is 19.1. The highest BCUT2D eigenvalue weighted by Gasteiger charge is 2.33. The van der Waals surface area contributed by atoms with Gasteiger partial charge in [-0.15, -0.1) is 0 Å². The number of nitrogens with zero attached hydrogens (tertiary/aromatic N) is 1. The maximum absolute atomic E-state index is 14.1. The molecule has 1 aliphatic carbocycles. The third kappa shape index (κ3) is 5.03. The number of fused-ring (bicyclic) bond motifs is 1. The van der Waals surface area contributed by atoms with Gasteiger partial charge < -0.3 is 20.3 Å². The first-order valence-corrected chi connectivity index (χ1v) is 11.3. The van der Waals surface area contributed by atoms with Crippen LogP contribution in [0.5, 0.6) is 5.75 Å². The van der Waals surface area contributed by atoms with E-state index in [1.165, 1.54) is 6.07 Å². The molecule has 0 aromatic heterocycles. The summed E-state index contributed by atoms with van der Waals surface area (Å²) in [5.74, 6) is 0.555.